The molecule has 1 atom stereocenters. The Morgan fingerprint density at radius 2 is 2.19 bits per heavy atom. The first-order chi connectivity index (χ1) is 10.1. The number of nitrogens with zero attached hydrogens (tertiary/aromatic N) is 1. The minimum atomic E-state index is -1.09. The molecule has 0 aliphatic carbocycles. The van der Waals surface area contributed by atoms with Crippen molar-refractivity contribution in [3.63, 3.8) is 0 Å². The summed E-state index contributed by atoms with van der Waals surface area (Å²) in [6, 6.07) is 5.94. The summed E-state index contributed by atoms with van der Waals surface area (Å²) in [6.45, 7) is 0.599. The van der Waals surface area contributed by atoms with Crippen LogP contribution >= 0.6 is 0 Å². The SMILES string of the molecule is O=C(O)[C@@H]1CN(C(=O)CCOc2ccccc2F)CCO1. The largest absolute Gasteiger partial charge is 0.490 e. The Balaban J connectivity index is 1.79. The summed E-state index contributed by atoms with van der Waals surface area (Å²) in [5.41, 5.74) is 0. The highest BCUT2D eigenvalue weighted by molar-refractivity contribution is 5.78. The molecule has 2 rings (SSSR count). The molecule has 6 nitrogen and oxygen atoms in total. The lowest BCUT2D eigenvalue weighted by Gasteiger charge is -2.30. The van der Waals surface area contributed by atoms with Crippen LogP contribution in [-0.2, 0) is 14.3 Å². The van der Waals surface area contributed by atoms with Gasteiger partial charge in [-0.05, 0) is 12.1 Å². The van der Waals surface area contributed by atoms with Gasteiger partial charge in [-0.3, -0.25) is 4.79 Å². The zero-order valence-electron chi connectivity index (χ0n) is 11.3. The first-order valence-electron chi connectivity index (χ1n) is 6.57. The molecular weight excluding hydrogens is 281 g/mol. The van der Waals surface area contributed by atoms with Crippen LogP contribution in [0.15, 0.2) is 24.3 Å². The van der Waals surface area contributed by atoms with E-state index in [0.29, 0.717) is 6.54 Å². The van der Waals surface area contributed by atoms with E-state index in [0.717, 1.165) is 0 Å². The van der Waals surface area contributed by atoms with Crippen molar-refractivity contribution in [2.45, 2.75) is 12.5 Å². The lowest BCUT2D eigenvalue weighted by atomic mass is 10.2. The molecule has 1 heterocycles. The van der Waals surface area contributed by atoms with Gasteiger partial charge in [0.1, 0.15) is 0 Å². The summed E-state index contributed by atoms with van der Waals surface area (Å²) in [6.07, 6.45) is -0.934. The molecule has 1 aromatic rings. The molecule has 7 heteroatoms. The zero-order valence-corrected chi connectivity index (χ0v) is 11.3. The molecule has 0 radical (unpaired) electrons. The summed E-state index contributed by atoms with van der Waals surface area (Å²) in [4.78, 5) is 24.2. The number of para-hydroxylation sites is 1. The molecule has 1 saturated heterocycles. The number of carbonyl (C=O) groups is 2. The zero-order chi connectivity index (χ0) is 15.2. The van der Waals surface area contributed by atoms with E-state index in [1.54, 1.807) is 12.1 Å². The molecule has 0 spiro atoms. The average molecular weight is 297 g/mol. The van der Waals surface area contributed by atoms with Gasteiger partial charge < -0.3 is 19.5 Å². The number of ether oxygens (including phenoxy) is 2. The van der Waals surface area contributed by atoms with E-state index in [1.165, 1.54) is 17.0 Å². The normalized spacial score (nSPS) is 18.3. The second-order valence-corrected chi connectivity index (χ2v) is 4.57. The van der Waals surface area contributed by atoms with Gasteiger partial charge >= 0.3 is 5.97 Å². The maximum absolute atomic E-state index is 13.3. The maximum Gasteiger partial charge on any atom is 0.334 e. The number of rotatable bonds is 5. The Bertz CT molecular complexity index is 522. The molecule has 0 aromatic heterocycles. The quantitative estimate of drug-likeness (QED) is 0.874. The number of halogens is 1. The number of hydrogen-bond donors (Lipinski definition) is 1. The summed E-state index contributed by atoms with van der Waals surface area (Å²) >= 11 is 0. The van der Waals surface area contributed by atoms with Crippen molar-refractivity contribution in [1.82, 2.24) is 4.90 Å². The number of carbonyl (C=O) groups excluding carboxylic acids is 1. The highest BCUT2D eigenvalue weighted by Gasteiger charge is 2.28. The van der Waals surface area contributed by atoms with Gasteiger partial charge in [-0.25, -0.2) is 9.18 Å². The highest BCUT2D eigenvalue weighted by atomic mass is 19.1. The average Bonchev–Trinajstić information content (AvgIpc) is 2.49. The summed E-state index contributed by atoms with van der Waals surface area (Å²) in [5.74, 6) is -1.71. The number of benzene rings is 1. The summed E-state index contributed by atoms with van der Waals surface area (Å²) in [5, 5.41) is 8.86. The Morgan fingerprint density at radius 1 is 1.43 bits per heavy atom. The van der Waals surface area contributed by atoms with Gasteiger partial charge in [0.15, 0.2) is 17.7 Å². The van der Waals surface area contributed by atoms with Crippen LogP contribution in [0.4, 0.5) is 4.39 Å². The Morgan fingerprint density at radius 3 is 2.90 bits per heavy atom. The third-order valence-corrected chi connectivity index (χ3v) is 3.10. The van der Waals surface area contributed by atoms with Gasteiger partial charge in [-0.1, -0.05) is 12.1 Å². The number of carboxylic acids is 1. The lowest BCUT2D eigenvalue weighted by molar-refractivity contribution is -0.159. The molecule has 21 heavy (non-hydrogen) atoms. The molecule has 0 saturated carbocycles. The molecule has 1 amide bonds. The molecule has 1 aliphatic heterocycles. The van der Waals surface area contributed by atoms with Crippen LogP contribution in [0.25, 0.3) is 0 Å². The molecule has 1 fully saturated rings. The Labute approximate surface area is 121 Å². The second kappa shape index (κ2) is 7.03. The number of morpholine rings is 1. The van der Waals surface area contributed by atoms with Gasteiger partial charge in [0.05, 0.1) is 26.2 Å². The highest BCUT2D eigenvalue weighted by Crippen LogP contribution is 2.15. The third kappa shape index (κ3) is 4.16. The van der Waals surface area contributed by atoms with Gasteiger partial charge in [0.2, 0.25) is 5.91 Å². The number of aliphatic carboxylic acids is 1. The van der Waals surface area contributed by atoms with Crippen molar-refractivity contribution in [3.8, 4) is 5.75 Å². The van der Waals surface area contributed by atoms with E-state index >= 15 is 0 Å². The second-order valence-electron chi connectivity index (χ2n) is 4.57. The molecule has 114 valence electrons. The standard InChI is InChI=1S/C14H16FNO5/c15-10-3-1-2-4-11(10)20-7-5-13(17)16-6-8-21-12(9-16)14(18)19/h1-4,12H,5-9H2,(H,18,19)/t12-/m0/s1. The number of carboxylic acid groups (broad SMARTS) is 1. The van der Waals surface area contributed by atoms with Crippen molar-refractivity contribution in [3.05, 3.63) is 30.1 Å². The van der Waals surface area contributed by atoms with E-state index in [9.17, 15) is 14.0 Å². The van der Waals surface area contributed by atoms with E-state index in [4.69, 9.17) is 14.6 Å². The van der Waals surface area contributed by atoms with Gasteiger partial charge in [-0.15, -0.1) is 0 Å². The molecule has 1 N–H and O–H groups in total. The molecule has 1 aliphatic rings. The van der Waals surface area contributed by atoms with Crippen molar-refractivity contribution >= 4 is 11.9 Å². The van der Waals surface area contributed by atoms with E-state index in [1.807, 2.05) is 0 Å². The minimum absolute atomic E-state index is 0.0217. The van der Waals surface area contributed by atoms with Gasteiger partial charge in [0.25, 0.3) is 0 Å². The fraction of sp³-hybridized carbons (Fsp3) is 0.429. The van der Waals surface area contributed by atoms with Crippen molar-refractivity contribution in [2.24, 2.45) is 0 Å². The van der Waals surface area contributed by atoms with Gasteiger partial charge in [0, 0.05) is 6.54 Å². The first kappa shape index (κ1) is 15.2. The van der Waals surface area contributed by atoms with Crippen LogP contribution in [-0.4, -0.2) is 54.3 Å². The van der Waals surface area contributed by atoms with E-state index < -0.39 is 17.9 Å². The van der Waals surface area contributed by atoms with Gasteiger partial charge in [-0.2, -0.15) is 0 Å². The van der Waals surface area contributed by atoms with E-state index in [2.05, 4.69) is 0 Å². The third-order valence-electron chi connectivity index (χ3n) is 3.10. The Kier molecular flexibility index (Phi) is 5.10. The number of hydrogen-bond acceptors (Lipinski definition) is 4. The van der Waals surface area contributed by atoms with Crippen LogP contribution in [0.3, 0.4) is 0 Å². The molecule has 0 bridgehead atoms. The summed E-state index contributed by atoms with van der Waals surface area (Å²) in [7, 11) is 0. The lowest BCUT2D eigenvalue weighted by Crippen LogP contribution is -2.48. The first-order valence-corrected chi connectivity index (χ1v) is 6.57. The molecule has 0 unspecified atom stereocenters. The maximum atomic E-state index is 13.3. The van der Waals surface area contributed by atoms with Crippen LogP contribution < -0.4 is 4.74 Å². The Hall–Kier alpha value is -2.15. The number of amides is 1. The minimum Gasteiger partial charge on any atom is -0.490 e. The predicted molar refractivity (Wildman–Crippen MR) is 70.5 cm³/mol. The fourth-order valence-corrected chi connectivity index (χ4v) is 1.99. The predicted octanol–water partition coefficient (Wildman–Crippen LogP) is 0.907. The van der Waals surface area contributed by atoms with Crippen LogP contribution in [0.5, 0.6) is 5.75 Å². The van der Waals surface area contributed by atoms with E-state index in [-0.39, 0.29) is 37.8 Å². The van der Waals surface area contributed by atoms with Crippen molar-refractivity contribution in [1.29, 1.82) is 0 Å². The van der Waals surface area contributed by atoms with Crippen LogP contribution in [0.2, 0.25) is 0 Å². The van der Waals surface area contributed by atoms with Crippen LogP contribution in [0, 0.1) is 5.82 Å². The smallest absolute Gasteiger partial charge is 0.334 e. The monoisotopic (exact) mass is 297 g/mol. The van der Waals surface area contributed by atoms with Crippen molar-refractivity contribution in [2.75, 3.05) is 26.3 Å². The molecular formula is C14H16FNO5. The fourth-order valence-electron chi connectivity index (χ4n) is 1.99. The molecule has 1 aromatic carbocycles. The summed E-state index contributed by atoms with van der Waals surface area (Å²) < 4.78 is 23.5. The van der Waals surface area contributed by atoms with Crippen LogP contribution in [0.1, 0.15) is 6.42 Å². The topological polar surface area (TPSA) is 76.1 Å². The van der Waals surface area contributed by atoms with Crippen molar-refractivity contribution < 1.29 is 28.6 Å².